The molecule has 134 valence electrons. The summed E-state index contributed by atoms with van der Waals surface area (Å²) in [6, 6.07) is 14.6. The van der Waals surface area contributed by atoms with E-state index in [0.717, 1.165) is 48.0 Å². The number of aromatic amines is 1. The molecule has 1 N–H and O–H groups in total. The van der Waals surface area contributed by atoms with Gasteiger partial charge in [0.1, 0.15) is 19.0 Å². The molecule has 1 fully saturated rings. The van der Waals surface area contributed by atoms with Crippen molar-refractivity contribution >= 4 is 11.0 Å². The zero-order chi connectivity index (χ0) is 17.3. The van der Waals surface area contributed by atoms with Crippen LogP contribution in [0.4, 0.5) is 0 Å². The molecular formula is C21H23N3O2. The number of para-hydroxylation sites is 2. The Kier molecular flexibility index (Phi) is 4.02. The summed E-state index contributed by atoms with van der Waals surface area (Å²) in [4.78, 5) is 10.9. The molecule has 2 aromatic carbocycles. The van der Waals surface area contributed by atoms with Gasteiger partial charge in [-0.2, -0.15) is 0 Å². The van der Waals surface area contributed by atoms with Crippen LogP contribution < -0.4 is 9.47 Å². The van der Waals surface area contributed by atoms with E-state index in [0.29, 0.717) is 19.1 Å². The van der Waals surface area contributed by atoms with Gasteiger partial charge in [-0.05, 0) is 49.2 Å². The van der Waals surface area contributed by atoms with Gasteiger partial charge in [0.05, 0.1) is 11.0 Å². The predicted octanol–water partition coefficient (Wildman–Crippen LogP) is 3.71. The van der Waals surface area contributed by atoms with Crippen LogP contribution in [0.1, 0.15) is 30.1 Å². The molecule has 1 aromatic heterocycles. The minimum Gasteiger partial charge on any atom is -0.486 e. The van der Waals surface area contributed by atoms with Crippen molar-refractivity contribution in [2.45, 2.75) is 25.3 Å². The lowest BCUT2D eigenvalue weighted by Gasteiger charge is -2.32. The standard InChI is InChI=1S/C21H23N3O2/c1-2-6-18-17(5-1)22-21(23-18)16-4-3-9-24(14-16)13-15-7-8-19-20(12-15)26-11-10-25-19/h1-2,5-8,12,16H,3-4,9-11,13-14H2,(H,22,23)/t16-/m0/s1. The molecule has 3 aromatic rings. The third-order valence-electron chi connectivity index (χ3n) is 5.31. The van der Waals surface area contributed by atoms with E-state index in [9.17, 15) is 0 Å². The monoisotopic (exact) mass is 349 g/mol. The summed E-state index contributed by atoms with van der Waals surface area (Å²) < 4.78 is 11.3. The lowest BCUT2D eigenvalue weighted by molar-refractivity contribution is 0.170. The van der Waals surface area contributed by atoms with Gasteiger partial charge >= 0.3 is 0 Å². The van der Waals surface area contributed by atoms with Crippen LogP contribution in [0.25, 0.3) is 11.0 Å². The number of nitrogens with one attached hydrogen (secondary N) is 1. The number of imidazole rings is 1. The third-order valence-corrected chi connectivity index (χ3v) is 5.31. The Bertz CT molecular complexity index is 888. The van der Waals surface area contributed by atoms with Gasteiger partial charge < -0.3 is 14.5 Å². The molecule has 0 unspecified atom stereocenters. The van der Waals surface area contributed by atoms with Gasteiger partial charge in [-0.15, -0.1) is 0 Å². The summed E-state index contributed by atoms with van der Waals surface area (Å²) in [5.41, 5.74) is 3.47. The fourth-order valence-corrected chi connectivity index (χ4v) is 4.03. The van der Waals surface area contributed by atoms with E-state index in [1.807, 2.05) is 12.1 Å². The quantitative estimate of drug-likeness (QED) is 0.783. The van der Waals surface area contributed by atoms with Gasteiger partial charge in [-0.3, -0.25) is 4.90 Å². The van der Waals surface area contributed by atoms with E-state index in [4.69, 9.17) is 14.5 Å². The molecule has 0 spiro atoms. The number of fused-ring (bicyclic) bond motifs is 2. The topological polar surface area (TPSA) is 50.4 Å². The molecular weight excluding hydrogens is 326 g/mol. The average Bonchev–Trinajstić information content (AvgIpc) is 3.12. The summed E-state index contributed by atoms with van der Waals surface area (Å²) in [5, 5.41) is 0. The first kappa shape index (κ1) is 15.7. The van der Waals surface area contributed by atoms with E-state index in [1.165, 1.54) is 18.4 Å². The van der Waals surface area contributed by atoms with Crippen molar-refractivity contribution in [1.82, 2.24) is 14.9 Å². The van der Waals surface area contributed by atoms with Crippen LogP contribution in [-0.2, 0) is 6.54 Å². The summed E-state index contributed by atoms with van der Waals surface area (Å²) in [6.45, 7) is 4.37. The van der Waals surface area contributed by atoms with Crippen LogP contribution >= 0.6 is 0 Å². The van der Waals surface area contributed by atoms with Crippen molar-refractivity contribution in [2.24, 2.45) is 0 Å². The van der Waals surface area contributed by atoms with Gasteiger partial charge in [0.15, 0.2) is 11.5 Å². The Morgan fingerprint density at radius 1 is 1.08 bits per heavy atom. The van der Waals surface area contributed by atoms with Gasteiger partial charge in [0, 0.05) is 19.0 Å². The molecule has 0 amide bonds. The molecule has 1 saturated heterocycles. The van der Waals surface area contributed by atoms with Crippen LogP contribution in [0, 0.1) is 0 Å². The Hall–Kier alpha value is -2.53. The number of hydrogen-bond acceptors (Lipinski definition) is 4. The number of ether oxygens (including phenoxy) is 2. The van der Waals surface area contributed by atoms with E-state index in [-0.39, 0.29) is 0 Å². The van der Waals surface area contributed by atoms with Gasteiger partial charge in [-0.25, -0.2) is 4.98 Å². The Morgan fingerprint density at radius 3 is 2.88 bits per heavy atom. The van der Waals surface area contributed by atoms with Crippen molar-refractivity contribution < 1.29 is 9.47 Å². The zero-order valence-corrected chi connectivity index (χ0v) is 14.8. The van der Waals surface area contributed by atoms with E-state index >= 15 is 0 Å². The average molecular weight is 349 g/mol. The minimum atomic E-state index is 0.466. The molecule has 0 aliphatic carbocycles. The van der Waals surface area contributed by atoms with Crippen molar-refractivity contribution in [3.8, 4) is 11.5 Å². The first-order chi connectivity index (χ1) is 12.8. The molecule has 5 heteroatoms. The molecule has 0 saturated carbocycles. The maximum absolute atomic E-state index is 5.72. The summed E-state index contributed by atoms with van der Waals surface area (Å²) in [7, 11) is 0. The highest BCUT2D eigenvalue weighted by molar-refractivity contribution is 5.74. The highest BCUT2D eigenvalue weighted by Crippen LogP contribution is 2.32. The maximum Gasteiger partial charge on any atom is 0.161 e. The largest absolute Gasteiger partial charge is 0.486 e. The molecule has 1 atom stereocenters. The lowest BCUT2D eigenvalue weighted by atomic mass is 9.97. The second-order valence-electron chi connectivity index (χ2n) is 7.19. The number of H-pyrrole nitrogens is 1. The number of rotatable bonds is 3. The number of piperidine rings is 1. The zero-order valence-electron chi connectivity index (χ0n) is 14.8. The Labute approximate surface area is 152 Å². The van der Waals surface area contributed by atoms with Crippen LogP contribution in [0.2, 0.25) is 0 Å². The van der Waals surface area contributed by atoms with Crippen LogP contribution in [0.15, 0.2) is 42.5 Å². The van der Waals surface area contributed by atoms with Gasteiger partial charge in [0.2, 0.25) is 0 Å². The van der Waals surface area contributed by atoms with E-state index < -0.39 is 0 Å². The maximum atomic E-state index is 5.72. The third kappa shape index (κ3) is 3.03. The molecule has 5 rings (SSSR count). The molecule has 5 nitrogen and oxygen atoms in total. The van der Waals surface area contributed by atoms with Gasteiger partial charge in [-0.1, -0.05) is 18.2 Å². The lowest BCUT2D eigenvalue weighted by Crippen LogP contribution is -2.34. The van der Waals surface area contributed by atoms with Crippen LogP contribution in [-0.4, -0.2) is 41.2 Å². The first-order valence-corrected chi connectivity index (χ1v) is 9.41. The fraction of sp³-hybridized carbons (Fsp3) is 0.381. The highest BCUT2D eigenvalue weighted by Gasteiger charge is 2.24. The van der Waals surface area contributed by atoms with Crippen molar-refractivity contribution in [3.63, 3.8) is 0 Å². The fourth-order valence-electron chi connectivity index (χ4n) is 4.03. The number of likely N-dealkylation sites (tertiary alicyclic amines) is 1. The molecule has 2 aliphatic rings. The SMILES string of the molecule is c1ccc2[nH]c([C@H]3CCCN(Cc4ccc5c(c4)OCCO5)C3)nc2c1. The highest BCUT2D eigenvalue weighted by atomic mass is 16.6. The first-order valence-electron chi connectivity index (χ1n) is 9.41. The van der Waals surface area contributed by atoms with E-state index in [2.05, 4.69) is 40.2 Å². The van der Waals surface area contributed by atoms with Gasteiger partial charge in [0.25, 0.3) is 0 Å². The van der Waals surface area contributed by atoms with Crippen LogP contribution in [0.5, 0.6) is 11.5 Å². The minimum absolute atomic E-state index is 0.466. The molecule has 3 heterocycles. The second-order valence-corrected chi connectivity index (χ2v) is 7.19. The summed E-state index contributed by atoms with van der Waals surface area (Å²) in [5.74, 6) is 3.32. The van der Waals surface area contributed by atoms with Crippen molar-refractivity contribution in [2.75, 3.05) is 26.3 Å². The molecule has 0 bridgehead atoms. The smallest absolute Gasteiger partial charge is 0.161 e. The van der Waals surface area contributed by atoms with Crippen molar-refractivity contribution in [3.05, 3.63) is 53.9 Å². The Morgan fingerprint density at radius 2 is 1.96 bits per heavy atom. The number of hydrogen-bond donors (Lipinski definition) is 1. The van der Waals surface area contributed by atoms with E-state index in [1.54, 1.807) is 0 Å². The second kappa shape index (κ2) is 6.65. The van der Waals surface area contributed by atoms with Crippen LogP contribution in [0.3, 0.4) is 0 Å². The predicted molar refractivity (Wildman–Crippen MR) is 101 cm³/mol. The Balaban J connectivity index is 1.31. The van der Waals surface area contributed by atoms with Crippen molar-refractivity contribution in [1.29, 1.82) is 0 Å². The summed E-state index contributed by atoms with van der Waals surface area (Å²) >= 11 is 0. The normalized spacial score (nSPS) is 20.4. The molecule has 26 heavy (non-hydrogen) atoms. The molecule has 2 aliphatic heterocycles. The number of benzene rings is 2. The molecule has 0 radical (unpaired) electrons. The summed E-state index contributed by atoms with van der Waals surface area (Å²) in [6.07, 6.45) is 2.39. The number of nitrogens with zero attached hydrogens (tertiary/aromatic N) is 2. The number of aromatic nitrogens is 2.